The Labute approximate surface area is 126 Å². The second-order valence-corrected chi connectivity index (χ2v) is 5.16. The Kier molecular flexibility index (Phi) is 3.92. The number of rotatable bonds is 4. The lowest BCUT2D eigenvalue weighted by atomic mass is 9.98. The molecule has 0 aliphatic heterocycles. The van der Waals surface area contributed by atoms with Crippen molar-refractivity contribution in [2.75, 3.05) is 0 Å². The molecule has 0 bridgehead atoms. The molecule has 0 N–H and O–H groups in total. The standard InChI is InChI=1S/C20H20O/c1-3-17-18(4-2)20(16-13-9-6-10-14-16)21-19(17)15-11-7-5-8-12-15/h5-14H,3-4H2,1-2H3. The molecular formula is C20H20O. The molecule has 0 fully saturated rings. The van der Waals surface area contributed by atoms with Gasteiger partial charge in [0.25, 0.3) is 0 Å². The van der Waals surface area contributed by atoms with Crippen molar-refractivity contribution in [1.82, 2.24) is 0 Å². The Bertz CT molecular complexity index is 646. The van der Waals surface area contributed by atoms with Crippen LogP contribution in [0.15, 0.2) is 65.1 Å². The molecule has 0 saturated carbocycles. The summed E-state index contributed by atoms with van der Waals surface area (Å²) in [5, 5.41) is 0. The molecule has 1 aromatic heterocycles. The fourth-order valence-corrected chi connectivity index (χ4v) is 2.89. The van der Waals surface area contributed by atoms with Crippen LogP contribution in [0, 0.1) is 0 Å². The van der Waals surface area contributed by atoms with Gasteiger partial charge in [-0.25, -0.2) is 0 Å². The van der Waals surface area contributed by atoms with Crippen molar-refractivity contribution in [3.63, 3.8) is 0 Å². The Balaban J connectivity index is 2.21. The molecule has 0 saturated heterocycles. The van der Waals surface area contributed by atoms with Crippen molar-refractivity contribution < 1.29 is 4.42 Å². The van der Waals surface area contributed by atoms with Gasteiger partial charge in [-0.1, -0.05) is 74.5 Å². The third kappa shape index (κ3) is 2.52. The van der Waals surface area contributed by atoms with Gasteiger partial charge in [0, 0.05) is 22.3 Å². The second kappa shape index (κ2) is 6.01. The van der Waals surface area contributed by atoms with Crippen LogP contribution in [0.1, 0.15) is 25.0 Å². The van der Waals surface area contributed by atoms with E-state index in [2.05, 4.69) is 62.4 Å². The van der Waals surface area contributed by atoms with Crippen LogP contribution in [0.3, 0.4) is 0 Å². The van der Waals surface area contributed by atoms with Crippen molar-refractivity contribution in [3.8, 4) is 22.6 Å². The summed E-state index contributed by atoms with van der Waals surface area (Å²) in [5.41, 5.74) is 4.99. The van der Waals surface area contributed by atoms with Gasteiger partial charge in [0.2, 0.25) is 0 Å². The molecule has 1 nitrogen and oxygen atoms in total. The fourth-order valence-electron chi connectivity index (χ4n) is 2.89. The Morgan fingerprint density at radius 2 is 1.00 bits per heavy atom. The molecule has 106 valence electrons. The maximum absolute atomic E-state index is 6.30. The highest BCUT2D eigenvalue weighted by atomic mass is 16.3. The average molecular weight is 276 g/mol. The Morgan fingerprint density at radius 1 is 0.619 bits per heavy atom. The summed E-state index contributed by atoms with van der Waals surface area (Å²) >= 11 is 0. The van der Waals surface area contributed by atoms with Crippen molar-refractivity contribution in [2.45, 2.75) is 26.7 Å². The van der Waals surface area contributed by atoms with Crippen molar-refractivity contribution in [1.29, 1.82) is 0 Å². The zero-order valence-electron chi connectivity index (χ0n) is 12.6. The van der Waals surface area contributed by atoms with E-state index < -0.39 is 0 Å². The van der Waals surface area contributed by atoms with Gasteiger partial charge in [0.05, 0.1) is 0 Å². The lowest BCUT2D eigenvalue weighted by Crippen LogP contribution is -1.89. The molecule has 0 aliphatic carbocycles. The van der Waals surface area contributed by atoms with Crippen LogP contribution in [0.5, 0.6) is 0 Å². The predicted molar refractivity (Wildman–Crippen MR) is 88.3 cm³/mol. The van der Waals surface area contributed by atoms with Gasteiger partial charge in [-0.2, -0.15) is 0 Å². The first-order chi connectivity index (χ1) is 10.3. The zero-order chi connectivity index (χ0) is 14.7. The predicted octanol–water partition coefficient (Wildman–Crippen LogP) is 5.74. The van der Waals surface area contributed by atoms with Crippen LogP contribution in [0.4, 0.5) is 0 Å². The normalized spacial score (nSPS) is 10.8. The first-order valence-electron chi connectivity index (χ1n) is 7.60. The molecule has 0 radical (unpaired) electrons. The van der Waals surface area contributed by atoms with Crippen LogP contribution in [-0.2, 0) is 12.8 Å². The summed E-state index contributed by atoms with van der Waals surface area (Å²) in [7, 11) is 0. The van der Waals surface area contributed by atoms with E-state index in [0.29, 0.717) is 0 Å². The molecule has 21 heavy (non-hydrogen) atoms. The summed E-state index contributed by atoms with van der Waals surface area (Å²) in [6, 6.07) is 20.8. The maximum atomic E-state index is 6.30. The van der Waals surface area contributed by atoms with Gasteiger partial charge < -0.3 is 4.42 Å². The number of benzene rings is 2. The average Bonchev–Trinajstić information content (AvgIpc) is 2.95. The van der Waals surface area contributed by atoms with E-state index in [4.69, 9.17) is 4.42 Å². The highest BCUT2D eigenvalue weighted by Gasteiger charge is 2.19. The van der Waals surface area contributed by atoms with Gasteiger partial charge in [-0.05, 0) is 12.8 Å². The van der Waals surface area contributed by atoms with Crippen molar-refractivity contribution >= 4 is 0 Å². The topological polar surface area (TPSA) is 13.1 Å². The van der Waals surface area contributed by atoms with Crippen LogP contribution in [-0.4, -0.2) is 0 Å². The SMILES string of the molecule is CCc1c(-c2ccccc2)oc(-c2ccccc2)c1CC. The van der Waals surface area contributed by atoms with Crippen molar-refractivity contribution in [2.24, 2.45) is 0 Å². The van der Waals surface area contributed by atoms with Gasteiger partial charge >= 0.3 is 0 Å². The Hall–Kier alpha value is -2.28. The molecule has 3 rings (SSSR count). The fraction of sp³-hybridized carbons (Fsp3) is 0.200. The van der Waals surface area contributed by atoms with E-state index >= 15 is 0 Å². The molecule has 0 amide bonds. The lowest BCUT2D eigenvalue weighted by Gasteiger charge is -2.02. The third-order valence-corrected chi connectivity index (χ3v) is 3.90. The number of hydrogen-bond donors (Lipinski definition) is 0. The lowest BCUT2D eigenvalue weighted by molar-refractivity contribution is 0.592. The molecule has 2 aromatic carbocycles. The van der Waals surface area contributed by atoms with E-state index in [0.717, 1.165) is 35.5 Å². The molecule has 0 unspecified atom stereocenters. The van der Waals surface area contributed by atoms with Crippen molar-refractivity contribution in [3.05, 3.63) is 71.8 Å². The minimum absolute atomic E-state index is 0.990. The highest BCUT2D eigenvalue weighted by Crippen LogP contribution is 2.37. The van der Waals surface area contributed by atoms with Gasteiger partial charge in [0.15, 0.2) is 0 Å². The van der Waals surface area contributed by atoms with E-state index in [1.807, 2.05) is 12.1 Å². The number of hydrogen-bond acceptors (Lipinski definition) is 1. The van der Waals surface area contributed by atoms with Gasteiger partial charge in [-0.15, -0.1) is 0 Å². The first-order valence-corrected chi connectivity index (χ1v) is 7.60. The minimum atomic E-state index is 0.990. The number of furan rings is 1. The maximum Gasteiger partial charge on any atom is 0.138 e. The molecule has 1 heteroatoms. The smallest absolute Gasteiger partial charge is 0.138 e. The molecule has 1 heterocycles. The van der Waals surface area contributed by atoms with Crippen LogP contribution >= 0.6 is 0 Å². The van der Waals surface area contributed by atoms with Crippen LogP contribution in [0.2, 0.25) is 0 Å². The molecule has 0 atom stereocenters. The largest absolute Gasteiger partial charge is 0.456 e. The summed E-state index contributed by atoms with van der Waals surface area (Å²) in [6.45, 7) is 4.40. The molecule has 3 aromatic rings. The molecule has 0 aliphatic rings. The van der Waals surface area contributed by atoms with E-state index in [1.165, 1.54) is 11.1 Å². The molecule has 0 spiro atoms. The summed E-state index contributed by atoms with van der Waals surface area (Å²) in [6.07, 6.45) is 1.98. The Morgan fingerprint density at radius 3 is 1.33 bits per heavy atom. The minimum Gasteiger partial charge on any atom is -0.456 e. The summed E-state index contributed by atoms with van der Waals surface area (Å²) in [4.78, 5) is 0. The van der Waals surface area contributed by atoms with Gasteiger partial charge in [0.1, 0.15) is 11.5 Å². The zero-order valence-corrected chi connectivity index (χ0v) is 12.6. The molecular weight excluding hydrogens is 256 g/mol. The highest BCUT2D eigenvalue weighted by molar-refractivity contribution is 5.72. The first kappa shape index (κ1) is 13.7. The monoisotopic (exact) mass is 276 g/mol. The van der Waals surface area contributed by atoms with Gasteiger partial charge in [-0.3, -0.25) is 0 Å². The van der Waals surface area contributed by atoms with E-state index in [1.54, 1.807) is 0 Å². The van der Waals surface area contributed by atoms with Crippen LogP contribution in [0.25, 0.3) is 22.6 Å². The second-order valence-electron chi connectivity index (χ2n) is 5.16. The third-order valence-electron chi connectivity index (χ3n) is 3.90. The van der Waals surface area contributed by atoms with Crippen LogP contribution < -0.4 is 0 Å². The van der Waals surface area contributed by atoms with E-state index in [-0.39, 0.29) is 0 Å². The quantitative estimate of drug-likeness (QED) is 0.592. The summed E-state index contributed by atoms with van der Waals surface area (Å²) < 4.78 is 6.30. The summed E-state index contributed by atoms with van der Waals surface area (Å²) in [5.74, 6) is 2.04. The van der Waals surface area contributed by atoms with E-state index in [9.17, 15) is 0 Å².